The number of esters is 1. The van der Waals surface area contributed by atoms with Gasteiger partial charge < -0.3 is 15.4 Å². The lowest BCUT2D eigenvalue weighted by molar-refractivity contribution is -0.140. The summed E-state index contributed by atoms with van der Waals surface area (Å²) in [6, 6.07) is 3.31. The van der Waals surface area contributed by atoms with Gasteiger partial charge in [-0.25, -0.2) is 9.78 Å². The van der Waals surface area contributed by atoms with Gasteiger partial charge in [-0.3, -0.25) is 23.5 Å². The highest BCUT2D eigenvalue weighted by molar-refractivity contribution is 5.93. The molecular weight excluding hydrogens is 354 g/mol. The molecule has 0 saturated carbocycles. The van der Waals surface area contributed by atoms with E-state index in [4.69, 9.17) is 0 Å². The van der Waals surface area contributed by atoms with E-state index in [-0.39, 0.29) is 42.7 Å². The molecule has 10 nitrogen and oxygen atoms in total. The number of hydrogen-bond donors (Lipinski definition) is 2. The highest BCUT2D eigenvalue weighted by Crippen LogP contribution is 2.13. The molecule has 0 fully saturated rings. The summed E-state index contributed by atoms with van der Waals surface area (Å²) in [6.07, 6.45) is 0.726. The maximum absolute atomic E-state index is 12.0. The van der Waals surface area contributed by atoms with Gasteiger partial charge in [0.15, 0.2) is 5.65 Å². The van der Waals surface area contributed by atoms with Gasteiger partial charge in [0, 0.05) is 39.9 Å². The van der Waals surface area contributed by atoms with Gasteiger partial charge in [0.25, 0.3) is 0 Å². The largest absolute Gasteiger partial charge is 0.469 e. The maximum atomic E-state index is 12.0. The molecule has 2 rings (SSSR count). The summed E-state index contributed by atoms with van der Waals surface area (Å²) in [5, 5.41) is 5.26. The number of pyridine rings is 1. The number of imidazole rings is 1. The van der Waals surface area contributed by atoms with Gasteiger partial charge in [0.2, 0.25) is 11.8 Å². The zero-order valence-electron chi connectivity index (χ0n) is 15.6. The van der Waals surface area contributed by atoms with E-state index in [1.165, 1.54) is 16.2 Å². The molecule has 2 aromatic rings. The summed E-state index contributed by atoms with van der Waals surface area (Å²) in [7, 11) is 4.56. The maximum Gasteiger partial charge on any atom is 0.329 e. The molecule has 0 aliphatic rings. The lowest BCUT2D eigenvalue weighted by atomic mass is 10.2. The molecule has 0 aliphatic heterocycles. The number of fused-ring (bicyclic) bond motifs is 1. The van der Waals surface area contributed by atoms with Crippen LogP contribution in [0.4, 0.5) is 5.82 Å². The first-order valence-corrected chi connectivity index (χ1v) is 8.49. The molecule has 2 heterocycles. The molecule has 0 atom stereocenters. The van der Waals surface area contributed by atoms with Gasteiger partial charge in [-0.1, -0.05) is 0 Å². The lowest BCUT2D eigenvalue weighted by Crippen LogP contribution is -2.26. The van der Waals surface area contributed by atoms with E-state index >= 15 is 0 Å². The molecule has 0 aliphatic carbocycles. The van der Waals surface area contributed by atoms with Crippen molar-refractivity contribution in [2.24, 2.45) is 14.1 Å². The fraction of sp³-hybridized carbons (Fsp3) is 0.471. The van der Waals surface area contributed by atoms with Gasteiger partial charge in [0.05, 0.1) is 12.6 Å². The van der Waals surface area contributed by atoms with E-state index in [9.17, 15) is 19.2 Å². The molecule has 0 saturated heterocycles. The molecule has 27 heavy (non-hydrogen) atoms. The Labute approximate surface area is 155 Å². The Bertz CT molecular complexity index is 914. The van der Waals surface area contributed by atoms with E-state index in [2.05, 4.69) is 20.4 Å². The second kappa shape index (κ2) is 8.97. The van der Waals surface area contributed by atoms with Crippen LogP contribution in [0.2, 0.25) is 0 Å². The Morgan fingerprint density at radius 1 is 1.07 bits per heavy atom. The highest BCUT2D eigenvalue weighted by Gasteiger charge is 2.12. The number of hydrogen-bond acceptors (Lipinski definition) is 6. The van der Waals surface area contributed by atoms with Crippen LogP contribution in [-0.4, -0.2) is 45.6 Å². The summed E-state index contributed by atoms with van der Waals surface area (Å²) in [5.74, 6) is -0.646. The standard InChI is InChI=1S/C17H23N5O5/c1-21-11-6-7-12(20-16(11)22(2)17(21)26)19-14(24)9-8-13(23)18-10-4-5-15(25)27-3/h6-7H,4-5,8-10H2,1-3H3,(H,18,23)(H,19,20,24). The minimum Gasteiger partial charge on any atom is -0.469 e. The van der Waals surface area contributed by atoms with Crippen LogP contribution in [0.5, 0.6) is 0 Å². The van der Waals surface area contributed by atoms with Crippen LogP contribution < -0.4 is 16.3 Å². The monoisotopic (exact) mass is 377 g/mol. The molecule has 0 spiro atoms. The average Bonchev–Trinajstić information content (AvgIpc) is 2.87. The highest BCUT2D eigenvalue weighted by atomic mass is 16.5. The summed E-state index contributed by atoms with van der Waals surface area (Å²) < 4.78 is 7.37. The first-order chi connectivity index (χ1) is 12.8. The average molecular weight is 377 g/mol. The molecule has 0 radical (unpaired) electrons. The van der Waals surface area contributed by atoms with E-state index in [0.29, 0.717) is 29.9 Å². The number of carbonyl (C=O) groups is 3. The van der Waals surface area contributed by atoms with Gasteiger partial charge >= 0.3 is 11.7 Å². The van der Waals surface area contributed by atoms with E-state index in [1.807, 2.05) is 0 Å². The number of rotatable bonds is 8. The number of anilines is 1. The molecule has 2 aromatic heterocycles. The summed E-state index contributed by atoms with van der Waals surface area (Å²) in [4.78, 5) is 50.8. The number of carbonyl (C=O) groups excluding carboxylic acids is 3. The first kappa shape index (κ1) is 20.1. The van der Waals surface area contributed by atoms with Crippen molar-refractivity contribution in [3.63, 3.8) is 0 Å². The van der Waals surface area contributed by atoms with Crippen molar-refractivity contribution in [1.82, 2.24) is 19.4 Å². The summed E-state index contributed by atoms with van der Waals surface area (Å²) in [5.41, 5.74) is 0.917. The topological polar surface area (TPSA) is 124 Å². The Kier molecular flexibility index (Phi) is 6.69. The van der Waals surface area contributed by atoms with Crippen LogP contribution in [-0.2, 0) is 33.2 Å². The fourth-order valence-electron chi connectivity index (χ4n) is 2.52. The lowest BCUT2D eigenvalue weighted by Gasteiger charge is -2.06. The molecule has 2 amide bonds. The summed E-state index contributed by atoms with van der Waals surface area (Å²) in [6.45, 7) is 0.343. The third kappa shape index (κ3) is 5.16. The van der Waals surface area contributed by atoms with Crippen molar-refractivity contribution < 1.29 is 19.1 Å². The second-order valence-electron chi connectivity index (χ2n) is 6.02. The number of nitrogens with zero attached hydrogens (tertiary/aromatic N) is 3. The minimum atomic E-state index is -0.354. The third-order valence-corrected chi connectivity index (χ3v) is 4.06. The van der Waals surface area contributed by atoms with Crippen LogP contribution in [0.3, 0.4) is 0 Å². The number of methoxy groups -OCH3 is 1. The van der Waals surface area contributed by atoms with Crippen molar-refractivity contribution in [3.8, 4) is 0 Å². The SMILES string of the molecule is COC(=O)CCCNC(=O)CCC(=O)Nc1ccc2c(n1)n(C)c(=O)n2C. The molecule has 0 aromatic carbocycles. The Hall–Kier alpha value is -3.17. The third-order valence-electron chi connectivity index (χ3n) is 4.06. The summed E-state index contributed by atoms with van der Waals surface area (Å²) >= 11 is 0. The number of aromatic nitrogens is 3. The van der Waals surface area contributed by atoms with Crippen molar-refractivity contribution in [1.29, 1.82) is 0 Å². The van der Waals surface area contributed by atoms with Gasteiger partial charge in [-0.15, -0.1) is 0 Å². The Balaban J connectivity index is 1.81. The minimum absolute atomic E-state index is 0.00370. The first-order valence-electron chi connectivity index (χ1n) is 8.49. The second-order valence-corrected chi connectivity index (χ2v) is 6.02. The van der Waals surface area contributed by atoms with Crippen molar-refractivity contribution in [2.45, 2.75) is 25.7 Å². The van der Waals surface area contributed by atoms with Crippen LogP contribution in [0.15, 0.2) is 16.9 Å². The van der Waals surface area contributed by atoms with Crippen LogP contribution in [0.25, 0.3) is 11.2 Å². The smallest absolute Gasteiger partial charge is 0.329 e. The normalized spacial score (nSPS) is 10.6. The predicted octanol–water partition coefficient (Wildman–Crippen LogP) is 0.0601. The van der Waals surface area contributed by atoms with Crippen LogP contribution >= 0.6 is 0 Å². The van der Waals surface area contributed by atoms with Crippen LogP contribution in [0, 0.1) is 0 Å². The predicted molar refractivity (Wildman–Crippen MR) is 98.1 cm³/mol. The van der Waals surface area contributed by atoms with Crippen LogP contribution in [0.1, 0.15) is 25.7 Å². The quantitative estimate of drug-likeness (QED) is 0.495. The van der Waals surface area contributed by atoms with Crippen molar-refractivity contribution in [2.75, 3.05) is 19.0 Å². The number of aryl methyl sites for hydroxylation is 2. The zero-order chi connectivity index (χ0) is 20.0. The fourth-order valence-corrected chi connectivity index (χ4v) is 2.52. The van der Waals surface area contributed by atoms with E-state index in [0.717, 1.165) is 0 Å². The molecular formula is C17H23N5O5. The Morgan fingerprint density at radius 2 is 1.78 bits per heavy atom. The zero-order valence-corrected chi connectivity index (χ0v) is 15.6. The molecule has 146 valence electrons. The van der Waals surface area contributed by atoms with E-state index < -0.39 is 0 Å². The molecule has 0 bridgehead atoms. The number of nitrogens with one attached hydrogen (secondary N) is 2. The number of amides is 2. The van der Waals surface area contributed by atoms with Crippen molar-refractivity contribution in [3.05, 3.63) is 22.6 Å². The van der Waals surface area contributed by atoms with E-state index in [1.54, 1.807) is 26.2 Å². The van der Waals surface area contributed by atoms with Gasteiger partial charge in [0.1, 0.15) is 5.82 Å². The van der Waals surface area contributed by atoms with Crippen molar-refractivity contribution >= 4 is 34.8 Å². The van der Waals surface area contributed by atoms with Gasteiger partial charge in [-0.2, -0.15) is 0 Å². The van der Waals surface area contributed by atoms with Gasteiger partial charge in [-0.05, 0) is 18.6 Å². The number of ether oxygens (including phenoxy) is 1. The Morgan fingerprint density at radius 3 is 2.48 bits per heavy atom. The molecule has 2 N–H and O–H groups in total. The molecule has 10 heteroatoms. The molecule has 0 unspecified atom stereocenters.